The number of carbonyl (C=O) groups excluding carboxylic acids is 2. The lowest BCUT2D eigenvalue weighted by molar-refractivity contribution is 0.0729. The summed E-state index contributed by atoms with van der Waals surface area (Å²) in [6.45, 7) is 0.970. The molecule has 3 rings (SSSR count). The third-order valence-corrected chi connectivity index (χ3v) is 4.40. The highest BCUT2D eigenvalue weighted by molar-refractivity contribution is 6.07. The molecule has 0 saturated carbocycles. The molecule has 2 aromatic carbocycles. The number of amides is 1. The van der Waals surface area contributed by atoms with Crippen molar-refractivity contribution in [2.24, 2.45) is 0 Å². The van der Waals surface area contributed by atoms with Gasteiger partial charge in [-0.05, 0) is 55.8 Å². The van der Waals surface area contributed by atoms with E-state index in [-0.39, 0.29) is 17.9 Å². The molecular formula is C19H18F2N2O2. The Labute approximate surface area is 144 Å². The lowest BCUT2D eigenvalue weighted by Gasteiger charge is -2.37. The maximum atomic E-state index is 13.9. The molecule has 1 fully saturated rings. The third-order valence-electron chi connectivity index (χ3n) is 4.40. The van der Waals surface area contributed by atoms with Crippen molar-refractivity contribution in [3.8, 4) is 0 Å². The van der Waals surface area contributed by atoms with Gasteiger partial charge in [0, 0.05) is 12.1 Å². The van der Waals surface area contributed by atoms with Gasteiger partial charge in [0.05, 0.1) is 5.56 Å². The lowest BCUT2D eigenvalue weighted by Crippen LogP contribution is -2.62. The molecule has 1 aliphatic heterocycles. The first-order valence-electron chi connectivity index (χ1n) is 8.10. The van der Waals surface area contributed by atoms with Crippen LogP contribution < -0.4 is 10.6 Å². The minimum atomic E-state index is -1.19. The molecule has 1 aliphatic rings. The Hall–Kier alpha value is -2.60. The molecular weight excluding hydrogens is 326 g/mol. The zero-order valence-electron chi connectivity index (χ0n) is 13.5. The van der Waals surface area contributed by atoms with Crippen LogP contribution in [0.5, 0.6) is 0 Å². The number of nitrogens with one attached hydrogen (secondary N) is 2. The summed E-state index contributed by atoms with van der Waals surface area (Å²) >= 11 is 0. The van der Waals surface area contributed by atoms with Gasteiger partial charge in [0.25, 0.3) is 5.91 Å². The van der Waals surface area contributed by atoms with Crippen molar-refractivity contribution < 1.29 is 18.4 Å². The molecule has 0 aromatic heterocycles. The second-order valence-electron chi connectivity index (χ2n) is 6.13. The first-order valence-corrected chi connectivity index (χ1v) is 8.10. The maximum Gasteiger partial charge on any atom is 0.255 e. The van der Waals surface area contributed by atoms with Crippen LogP contribution in [0.2, 0.25) is 0 Å². The highest BCUT2D eigenvalue weighted by atomic mass is 19.1. The lowest BCUT2D eigenvalue weighted by atomic mass is 9.82. The normalized spacial score (nSPS) is 20.1. The van der Waals surface area contributed by atoms with Crippen LogP contribution >= 0.6 is 0 Å². The number of piperidine rings is 1. The van der Waals surface area contributed by atoms with Crippen LogP contribution in [0.1, 0.15) is 33.6 Å². The number of hydrogen-bond donors (Lipinski definition) is 2. The Balaban J connectivity index is 1.91. The van der Waals surface area contributed by atoms with Gasteiger partial charge in [-0.3, -0.25) is 9.59 Å². The van der Waals surface area contributed by atoms with Crippen LogP contribution in [0.15, 0.2) is 48.5 Å². The maximum absolute atomic E-state index is 13.9. The fraction of sp³-hybridized carbons (Fsp3) is 0.263. The minimum absolute atomic E-state index is 0.112. The van der Waals surface area contributed by atoms with Crippen molar-refractivity contribution >= 4 is 11.7 Å². The van der Waals surface area contributed by atoms with Gasteiger partial charge >= 0.3 is 0 Å². The second-order valence-corrected chi connectivity index (χ2v) is 6.13. The second kappa shape index (κ2) is 7.11. The molecule has 2 N–H and O–H groups in total. The van der Waals surface area contributed by atoms with Crippen molar-refractivity contribution in [2.45, 2.75) is 18.4 Å². The number of Topliss-reactive ketones (excluding diaryl/α,β-unsaturated/α-hetero) is 1. The molecule has 130 valence electrons. The van der Waals surface area contributed by atoms with Crippen LogP contribution in [-0.2, 0) is 0 Å². The Kier molecular flexibility index (Phi) is 4.90. The largest absolute Gasteiger partial charge is 0.338 e. The van der Waals surface area contributed by atoms with Gasteiger partial charge in [0.15, 0.2) is 5.78 Å². The van der Waals surface area contributed by atoms with Crippen molar-refractivity contribution in [2.75, 3.05) is 13.1 Å². The highest BCUT2D eigenvalue weighted by Crippen LogP contribution is 2.23. The van der Waals surface area contributed by atoms with E-state index in [2.05, 4.69) is 10.6 Å². The Bertz CT molecular complexity index is 784. The number of halogens is 2. The van der Waals surface area contributed by atoms with Crippen LogP contribution in [-0.4, -0.2) is 30.3 Å². The van der Waals surface area contributed by atoms with Crippen molar-refractivity contribution in [1.82, 2.24) is 10.6 Å². The molecule has 1 unspecified atom stereocenters. The number of rotatable bonds is 4. The average Bonchev–Trinajstić information content (AvgIpc) is 2.63. The molecule has 6 heteroatoms. The topological polar surface area (TPSA) is 58.2 Å². The van der Waals surface area contributed by atoms with Crippen LogP contribution in [0.3, 0.4) is 0 Å². The fourth-order valence-corrected chi connectivity index (χ4v) is 3.07. The quantitative estimate of drug-likeness (QED) is 0.839. The predicted octanol–water partition coefficient (Wildman–Crippen LogP) is 2.70. The Morgan fingerprint density at radius 3 is 2.40 bits per heavy atom. The highest BCUT2D eigenvalue weighted by Gasteiger charge is 2.41. The summed E-state index contributed by atoms with van der Waals surface area (Å²) < 4.78 is 27.0. The third kappa shape index (κ3) is 3.58. The summed E-state index contributed by atoms with van der Waals surface area (Å²) in [4.78, 5) is 25.6. The van der Waals surface area contributed by atoms with Crippen LogP contribution in [0.4, 0.5) is 8.78 Å². The number of benzene rings is 2. The molecule has 1 amide bonds. The SMILES string of the molecule is O=C(NC1(C(=O)c2ccc(F)cc2)CCCNC1)c1ccccc1F. The van der Waals surface area contributed by atoms with Gasteiger partial charge < -0.3 is 10.6 Å². The minimum Gasteiger partial charge on any atom is -0.338 e. The standard InChI is InChI=1S/C19H18F2N2O2/c20-14-8-6-13(7-9-14)17(24)19(10-3-11-22-12-19)23-18(25)15-4-1-2-5-16(15)21/h1-2,4-9,22H,3,10-12H2,(H,23,25). The number of carbonyl (C=O) groups is 2. The molecule has 1 heterocycles. The zero-order chi connectivity index (χ0) is 17.9. The number of hydrogen-bond acceptors (Lipinski definition) is 3. The molecule has 0 radical (unpaired) electrons. The summed E-state index contributed by atoms with van der Waals surface area (Å²) in [5, 5.41) is 5.82. The first kappa shape index (κ1) is 17.2. The van der Waals surface area contributed by atoms with Crippen molar-refractivity contribution in [3.05, 3.63) is 71.3 Å². The molecule has 25 heavy (non-hydrogen) atoms. The van der Waals surface area contributed by atoms with Gasteiger partial charge in [-0.1, -0.05) is 12.1 Å². The van der Waals surface area contributed by atoms with E-state index in [0.717, 1.165) is 6.54 Å². The molecule has 0 spiro atoms. The Morgan fingerprint density at radius 2 is 1.76 bits per heavy atom. The van der Waals surface area contributed by atoms with E-state index in [0.29, 0.717) is 18.4 Å². The molecule has 1 atom stereocenters. The van der Waals surface area contributed by atoms with Crippen molar-refractivity contribution in [3.63, 3.8) is 0 Å². The zero-order valence-corrected chi connectivity index (χ0v) is 13.5. The van der Waals surface area contributed by atoms with Gasteiger partial charge in [-0.2, -0.15) is 0 Å². The van der Waals surface area contributed by atoms with E-state index in [1.54, 1.807) is 6.07 Å². The van der Waals surface area contributed by atoms with E-state index in [1.165, 1.54) is 42.5 Å². The predicted molar refractivity (Wildman–Crippen MR) is 89.4 cm³/mol. The first-order chi connectivity index (χ1) is 12.0. The van der Waals surface area contributed by atoms with Crippen LogP contribution in [0, 0.1) is 11.6 Å². The number of ketones is 1. The van der Waals surface area contributed by atoms with Crippen LogP contribution in [0.25, 0.3) is 0 Å². The van der Waals surface area contributed by atoms with Gasteiger partial charge in [-0.25, -0.2) is 8.78 Å². The summed E-state index contributed by atoms with van der Waals surface area (Å²) in [5.41, 5.74) is -0.992. The molecule has 0 bridgehead atoms. The van der Waals surface area contributed by atoms with Gasteiger partial charge in [0.1, 0.15) is 17.2 Å². The summed E-state index contributed by atoms with van der Waals surface area (Å²) in [6, 6.07) is 10.8. The molecule has 0 aliphatic carbocycles. The summed E-state index contributed by atoms with van der Waals surface area (Å²) in [5.74, 6) is -2.04. The monoisotopic (exact) mass is 344 g/mol. The van der Waals surface area contributed by atoms with Crippen molar-refractivity contribution in [1.29, 1.82) is 0 Å². The van der Waals surface area contributed by atoms with E-state index in [1.807, 2.05) is 0 Å². The average molecular weight is 344 g/mol. The smallest absolute Gasteiger partial charge is 0.255 e. The van der Waals surface area contributed by atoms with Gasteiger partial charge in [0.2, 0.25) is 0 Å². The molecule has 1 saturated heterocycles. The molecule has 4 nitrogen and oxygen atoms in total. The van der Waals surface area contributed by atoms with Gasteiger partial charge in [-0.15, -0.1) is 0 Å². The molecule has 2 aromatic rings. The summed E-state index contributed by atoms with van der Waals surface area (Å²) in [7, 11) is 0. The van der Waals surface area contributed by atoms with E-state index in [9.17, 15) is 18.4 Å². The van der Waals surface area contributed by atoms with E-state index >= 15 is 0 Å². The van der Waals surface area contributed by atoms with E-state index in [4.69, 9.17) is 0 Å². The summed E-state index contributed by atoms with van der Waals surface area (Å²) in [6.07, 6.45) is 1.11. The van der Waals surface area contributed by atoms with E-state index < -0.39 is 23.1 Å². The Morgan fingerprint density at radius 1 is 1.04 bits per heavy atom. The fourth-order valence-electron chi connectivity index (χ4n) is 3.07.